The summed E-state index contributed by atoms with van der Waals surface area (Å²) in [6.45, 7) is 11.5. The van der Waals surface area contributed by atoms with Crippen molar-refractivity contribution in [1.82, 2.24) is 21.3 Å². The molecule has 0 atom stereocenters. The van der Waals surface area contributed by atoms with Gasteiger partial charge < -0.3 is 31.1 Å². The first-order valence-electron chi connectivity index (χ1n) is 41.1. The fourth-order valence-corrected chi connectivity index (χ4v) is 18.0. The molecule has 564 valence electrons. The van der Waals surface area contributed by atoms with Crippen LogP contribution in [0.2, 0.25) is 0 Å². The van der Waals surface area contributed by atoms with E-state index in [2.05, 4.69) is 53.9 Å². The van der Waals surface area contributed by atoms with E-state index >= 15 is 8.42 Å². The molecule has 0 radical (unpaired) electrons. The molecule has 1 aromatic heterocycles. The zero-order valence-corrected chi connectivity index (χ0v) is 65.6. The minimum Gasteiger partial charge on any atom is -0.352 e. The van der Waals surface area contributed by atoms with Crippen molar-refractivity contribution >= 4 is 89.0 Å². The maximum atomic E-state index is 15.3. The van der Waals surface area contributed by atoms with Crippen LogP contribution in [0.1, 0.15) is 326 Å². The Morgan fingerprint density at radius 3 is 0.817 bits per heavy atom. The highest BCUT2D eigenvalue weighted by molar-refractivity contribution is 7.92. The van der Waals surface area contributed by atoms with Gasteiger partial charge in [0.1, 0.15) is 0 Å². The normalized spacial score (nSPS) is 12.1. The number of amides is 4. The van der Waals surface area contributed by atoms with Gasteiger partial charge in [-0.25, -0.2) is 8.42 Å². The van der Waals surface area contributed by atoms with Crippen LogP contribution in [-0.2, 0) is 9.84 Å². The van der Waals surface area contributed by atoms with E-state index in [0.29, 0.717) is 69.9 Å². The number of benzene rings is 6. The molecule has 0 bridgehead atoms. The first-order valence-corrected chi connectivity index (χ1v) is 43.4. The van der Waals surface area contributed by atoms with Gasteiger partial charge in [-0.1, -0.05) is 271 Å². The lowest BCUT2D eigenvalue weighted by atomic mass is 10.1. The first kappa shape index (κ1) is 82.4. The number of sulfone groups is 1. The van der Waals surface area contributed by atoms with E-state index in [0.717, 1.165) is 84.5 Å². The van der Waals surface area contributed by atoms with Gasteiger partial charge in [0.2, 0.25) is 9.84 Å². The van der Waals surface area contributed by atoms with Gasteiger partial charge in [-0.3, -0.25) is 19.2 Å². The van der Waals surface area contributed by atoms with Crippen molar-refractivity contribution in [3.8, 4) is 10.4 Å². The maximum Gasteiger partial charge on any atom is 0.251 e. The van der Waals surface area contributed by atoms with Crippen molar-refractivity contribution < 1.29 is 27.6 Å². The zero-order chi connectivity index (χ0) is 73.4. The van der Waals surface area contributed by atoms with Crippen LogP contribution in [0.4, 0.5) is 34.1 Å². The van der Waals surface area contributed by atoms with Crippen LogP contribution in [0.3, 0.4) is 0 Å². The van der Waals surface area contributed by atoms with Gasteiger partial charge in [-0.15, -0.1) is 11.3 Å². The van der Waals surface area contributed by atoms with Crippen molar-refractivity contribution in [3.63, 3.8) is 0 Å². The monoisotopic (exact) mass is 1450 g/mol. The van der Waals surface area contributed by atoms with Crippen LogP contribution in [-0.4, -0.2) is 58.2 Å². The van der Waals surface area contributed by atoms with E-state index < -0.39 is 9.84 Å². The molecule has 0 unspecified atom stereocenters. The van der Waals surface area contributed by atoms with Crippen LogP contribution < -0.4 is 31.1 Å². The molecule has 4 N–H and O–H groups in total. The Labute approximate surface area is 630 Å². The number of rotatable bonds is 54. The fraction of sp³-hybridized carbons (Fsp3) is 0.533. The lowest BCUT2D eigenvalue weighted by molar-refractivity contribution is 0.0944. The minimum absolute atomic E-state index is 0.114. The summed E-state index contributed by atoms with van der Waals surface area (Å²) < 4.78 is 31.4. The van der Waals surface area contributed by atoms with Gasteiger partial charge in [0.25, 0.3) is 23.6 Å². The lowest BCUT2D eigenvalue weighted by Crippen LogP contribution is -2.24. The molecule has 0 spiro atoms. The second-order valence-corrected chi connectivity index (χ2v) is 32.1. The summed E-state index contributed by atoms with van der Waals surface area (Å²) in [5.74, 6) is -0.500. The fourth-order valence-electron chi connectivity index (χ4n) is 14.4. The number of carbonyl (C=O) groups is 4. The first-order chi connectivity index (χ1) is 51.0. The molecule has 1 aliphatic heterocycles. The molecule has 4 amide bonds. The topological polar surface area (TPSA) is 157 Å². The zero-order valence-electron chi connectivity index (χ0n) is 64.0. The molecular formula is C90H126N6O6S2. The summed E-state index contributed by atoms with van der Waals surface area (Å²) in [7, 11) is -4.06. The molecule has 0 fully saturated rings. The van der Waals surface area contributed by atoms with Gasteiger partial charge in [0.15, 0.2) is 0 Å². The van der Waals surface area contributed by atoms with E-state index in [-0.39, 0.29) is 33.4 Å². The number of hydrogen-bond donors (Lipinski definition) is 4. The highest BCUT2D eigenvalue weighted by atomic mass is 32.2. The van der Waals surface area contributed by atoms with Gasteiger partial charge in [0, 0.05) is 98.2 Å². The molecule has 2 heterocycles. The molecule has 104 heavy (non-hydrogen) atoms. The Morgan fingerprint density at radius 2 is 0.538 bits per heavy atom. The minimum atomic E-state index is -4.06. The van der Waals surface area contributed by atoms with Gasteiger partial charge >= 0.3 is 0 Å². The van der Waals surface area contributed by atoms with Crippen LogP contribution in [0.15, 0.2) is 143 Å². The highest BCUT2D eigenvalue weighted by Gasteiger charge is 2.38. The van der Waals surface area contributed by atoms with E-state index in [1.165, 1.54) is 217 Å². The maximum absolute atomic E-state index is 15.3. The summed E-state index contributed by atoms with van der Waals surface area (Å²) in [6, 6.07) is 41.5. The third-order valence-electron chi connectivity index (χ3n) is 20.7. The molecule has 1 aliphatic rings. The molecule has 14 heteroatoms. The van der Waals surface area contributed by atoms with Crippen molar-refractivity contribution in [3.05, 3.63) is 156 Å². The molecule has 0 aliphatic carbocycles. The van der Waals surface area contributed by atoms with Gasteiger partial charge in [-0.05, 0) is 147 Å². The van der Waals surface area contributed by atoms with Gasteiger partial charge in [0.05, 0.1) is 14.7 Å². The predicted molar refractivity (Wildman–Crippen MR) is 439 cm³/mol. The van der Waals surface area contributed by atoms with Crippen LogP contribution in [0.25, 0.3) is 20.5 Å². The molecule has 0 saturated heterocycles. The average molecular weight is 1450 g/mol. The highest BCUT2D eigenvalue weighted by Crippen LogP contribution is 2.54. The average Bonchev–Trinajstić information content (AvgIpc) is 1.54. The third kappa shape index (κ3) is 26.0. The number of hydrogen-bond acceptors (Lipinski definition) is 9. The smallest absolute Gasteiger partial charge is 0.251 e. The summed E-state index contributed by atoms with van der Waals surface area (Å²) in [5.41, 5.74) is 7.24. The molecule has 8 rings (SSSR count). The Kier molecular flexibility index (Phi) is 36.9. The molecule has 7 aromatic rings. The number of fused-ring (bicyclic) bond motifs is 5. The largest absolute Gasteiger partial charge is 0.352 e. The quantitative estimate of drug-likeness (QED) is 0.0275. The number of unbranched alkanes of at least 4 members (excludes halogenated alkanes) is 36. The predicted octanol–water partition coefficient (Wildman–Crippen LogP) is 25.3. The lowest BCUT2D eigenvalue weighted by Gasteiger charge is -2.26. The second kappa shape index (κ2) is 46.6. The van der Waals surface area contributed by atoms with E-state index in [4.69, 9.17) is 0 Å². The summed E-state index contributed by atoms with van der Waals surface area (Å²) in [4.78, 5) is 59.4. The SMILES string of the molecule is CCCCCCCCCCCCNC(=O)c1ccc(N(c2ccc(C(=O)NCCCCCCCCCCCC)cc2)c2ccc3c(c2)S(=O)(=O)c2c-3sc3cc(N(c4ccc(C(=O)NCCCCCCCCCCCC)cc4)c4ccc(C(=O)NCCCCCCCCCCCC)cc4)ccc23)cc1. The Balaban J connectivity index is 0.997. The van der Waals surface area contributed by atoms with Crippen molar-refractivity contribution in [2.75, 3.05) is 36.0 Å². The number of carbonyl (C=O) groups excluding carboxylic acids is 4. The Bertz CT molecular complexity index is 3610. The summed E-state index contributed by atoms with van der Waals surface area (Å²) in [6.07, 6.45) is 49.0. The van der Waals surface area contributed by atoms with Crippen LogP contribution in [0, 0.1) is 0 Å². The van der Waals surface area contributed by atoms with E-state index in [1.807, 2.05) is 132 Å². The van der Waals surface area contributed by atoms with Crippen molar-refractivity contribution in [1.29, 1.82) is 0 Å². The van der Waals surface area contributed by atoms with E-state index in [1.54, 1.807) is 6.07 Å². The van der Waals surface area contributed by atoms with Gasteiger partial charge in [-0.2, -0.15) is 0 Å². The van der Waals surface area contributed by atoms with E-state index in [9.17, 15) is 19.2 Å². The number of anilines is 6. The molecule has 0 saturated carbocycles. The molecule has 12 nitrogen and oxygen atoms in total. The third-order valence-corrected chi connectivity index (χ3v) is 23.9. The number of nitrogens with one attached hydrogen (secondary N) is 4. The van der Waals surface area contributed by atoms with Crippen LogP contribution in [0.5, 0.6) is 0 Å². The number of thiophene rings is 1. The summed E-state index contributed by atoms with van der Waals surface area (Å²) in [5, 5.41) is 13.2. The Hall–Kier alpha value is -7.29. The second-order valence-electron chi connectivity index (χ2n) is 29.2. The summed E-state index contributed by atoms with van der Waals surface area (Å²) >= 11 is 1.44. The molecular weight excluding hydrogens is 1330 g/mol. The standard InChI is InChI=1S/C90H126N6O6S2/c1-5-9-13-17-21-25-29-33-37-41-65-91-87(97)71-45-53-75(54-46-71)95(76-55-47-72(48-56-76)88(98)92-66-42-38-34-30-26-22-18-14-10-6-2)79-61-63-81-83(69-79)103-85-82-64-62-80(70-84(82)104(101,102)86(81)85)96(77-57-49-73(50-58-77)89(99)93-67-43-39-35-31-27-23-19-15-11-7-3)78-59-51-74(52-60-78)90(100)94-68-44-40-36-32-28-24-20-16-12-8-4/h45-64,69-70H,5-44,65-68H2,1-4H3,(H,91,97)(H,92,98)(H,93,99)(H,94,100). The van der Waals surface area contributed by atoms with Crippen LogP contribution >= 0.6 is 11.3 Å². The Morgan fingerprint density at radius 1 is 0.298 bits per heavy atom. The molecule has 6 aromatic carbocycles. The number of nitrogens with zero attached hydrogens (tertiary/aromatic N) is 2. The van der Waals surface area contributed by atoms with Crippen molar-refractivity contribution in [2.45, 2.75) is 294 Å². The van der Waals surface area contributed by atoms with Crippen molar-refractivity contribution in [2.24, 2.45) is 0 Å².